The number of fused-ring (bicyclic) bond motifs is 3. The molecule has 6 heteroatoms. The molecule has 4 rings (SSSR count). The third-order valence-electron chi connectivity index (χ3n) is 4.81. The van der Waals surface area contributed by atoms with Crippen LogP contribution in [0.3, 0.4) is 0 Å². The molecule has 0 spiro atoms. The van der Waals surface area contributed by atoms with Crippen LogP contribution in [0.5, 0.6) is 5.75 Å². The first-order chi connectivity index (χ1) is 11.5. The zero-order valence-corrected chi connectivity index (χ0v) is 14.1. The molecule has 0 bridgehead atoms. The molecule has 124 valence electrons. The van der Waals surface area contributed by atoms with Gasteiger partial charge in [0.25, 0.3) is 5.91 Å². The van der Waals surface area contributed by atoms with Crippen LogP contribution < -0.4 is 4.74 Å². The maximum atomic E-state index is 12.8. The minimum absolute atomic E-state index is 0.0862. The van der Waals surface area contributed by atoms with Crippen LogP contribution in [0.1, 0.15) is 28.6 Å². The van der Waals surface area contributed by atoms with Crippen molar-refractivity contribution in [3.05, 3.63) is 40.8 Å². The van der Waals surface area contributed by atoms with E-state index in [2.05, 4.69) is 0 Å². The highest BCUT2D eigenvalue weighted by Crippen LogP contribution is 2.43. The largest absolute Gasteiger partial charge is 0.488 e. The van der Waals surface area contributed by atoms with E-state index in [0.717, 1.165) is 21.8 Å². The molecule has 1 aromatic carbocycles. The molecule has 0 saturated carbocycles. The van der Waals surface area contributed by atoms with Gasteiger partial charge in [0.05, 0.1) is 10.3 Å². The van der Waals surface area contributed by atoms with Crippen molar-refractivity contribution in [3.63, 3.8) is 0 Å². The number of likely N-dealkylation sites (tertiary alicyclic amines) is 1. The Morgan fingerprint density at radius 1 is 1.33 bits per heavy atom. The standard InChI is InChI=1S/C18H17NO4S/c1-18(17(21)22)6-7-19(10-18)16(20)14-8-11-9-23-13-5-3-2-4-12(13)15(11)24-14/h2-5,8H,6-7,9-10H2,1H3,(H,21,22). The van der Waals surface area contributed by atoms with E-state index in [-0.39, 0.29) is 12.5 Å². The molecule has 1 unspecified atom stereocenters. The summed E-state index contributed by atoms with van der Waals surface area (Å²) in [7, 11) is 0. The second kappa shape index (κ2) is 5.34. The highest BCUT2D eigenvalue weighted by Gasteiger charge is 2.42. The summed E-state index contributed by atoms with van der Waals surface area (Å²) in [5, 5.41) is 9.33. The summed E-state index contributed by atoms with van der Waals surface area (Å²) in [4.78, 5) is 27.5. The number of carboxylic acids is 1. The minimum atomic E-state index is -0.845. The number of hydrogen-bond donors (Lipinski definition) is 1. The predicted octanol–water partition coefficient (Wildman–Crippen LogP) is 3.24. The summed E-state index contributed by atoms with van der Waals surface area (Å²) in [6.45, 7) is 2.91. The molecule has 1 N–H and O–H groups in total. The molecule has 1 saturated heterocycles. The van der Waals surface area contributed by atoms with Gasteiger partial charge in [0.1, 0.15) is 12.4 Å². The monoisotopic (exact) mass is 343 g/mol. The number of hydrogen-bond acceptors (Lipinski definition) is 4. The van der Waals surface area contributed by atoms with E-state index in [1.54, 1.807) is 11.8 Å². The number of rotatable bonds is 2. The van der Waals surface area contributed by atoms with E-state index in [9.17, 15) is 14.7 Å². The van der Waals surface area contributed by atoms with Gasteiger partial charge in [0.15, 0.2) is 0 Å². The van der Waals surface area contributed by atoms with Crippen LogP contribution in [0.25, 0.3) is 10.4 Å². The van der Waals surface area contributed by atoms with Crippen molar-refractivity contribution < 1.29 is 19.4 Å². The molecule has 0 aliphatic carbocycles. The van der Waals surface area contributed by atoms with Crippen LogP contribution in [-0.2, 0) is 11.4 Å². The summed E-state index contributed by atoms with van der Waals surface area (Å²) in [6.07, 6.45) is 0.491. The zero-order valence-electron chi connectivity index (χ0n) is 13.2. The molecule has 0 radical (unpaired) electrons. The smallest absolute Gasteiger partial charge is 0.311 e. The molecule has 5 nitrogen and oxygen atoms in total. The van der Waals surface area contributed by atoms with Gasteiger partial charge in [0, 0.05) is 29.1 Å². The summed E-state index contributed by atoms with van der Waals surface area (Å²) in [6, 6.07) is 9.69. The van der Waals surface area contributed by atoms with Crippen molar-refractivity contribution >= 4 is 23.2 Å². The molecule has 1 fully saturated rings. The zero-order chi connectivity index (χ0) is 16.9. The van der Waals surface area contributed by atoms with Crippen LogP contribution in [0.15, 0.2) is 30.3 Å². The number of ether oxygens (including phenoxy) is 1. The highest BCUT2D eigenvalue weighted by atomic mass is 32.1. The number of thiophene rings is 1. The highest BCUT2D eigenvalue weighted by molar-refractivity contribution is 7.17. The Kier molecular flexibility index (Phi) is 3.38. The second-order valence-electron chi connectivity index (χ2n) is 6.59. The maximum absolute atomic E-state index is 12.8. The van der Waals surface area contributed by atoms with E-state index >= 15 is 0 Å². The van der Waals surface area contributed by atoms with Crippen molar-refractivity contribution in [1.29, 1.82) is 0 Å². The lowest BCUT2D eigenvalue weighted by Crippen LogP contribution is -2.34. The summed E-state index contributed by atoms with van der Waals surface area (Å²) in [5.74, 6) is -0.0899. The Labute approximate surface area is 143 Å². The van der Waals surface area contributed by atoms with Gasteiger partial charge >= 0.3 is 5.97 Å². The van der Waals surface area contributed by atoms with Crippen molar-refractivity contribution in [2.45, 2.75) is 20.0 Å². The number of carbonyl (C=O) groups is 2. The van der Waals surface area contributed by atoms with E-state index in [0.29, 0.717) is 24.4 Å². The number of amides is 1. The molecule has 1 amide bonds. The molecule has 3 heterocycles. The first kappa shape index (κ1) is 15.2. The average molecular weight is 343 g/mol. The summed E-state index contributed by atoms with van der Waals surface area (Å²) >= 11 is 1.46. The SMILES string of the molecule is CC1(C(=O)O)CCN(C(=O)c2cc3c(s2)-c2ccccc2OC3)C1. The van der Waals surface area contributed by atoms with Gasteiger partial charge < -0.3 is 14.7 Å². The average Bonchev–Trinajstić information content (AvgIpc) is 3.19. The van der Waals surface area contributed by atoms with Crippen LogP contribution in [-0.4, -0.2) is 35.0 Å². The van der Waals surface area contributed by atoms with E-state index in [1.807, 2.05) is 30.3 Å². The predicted molar refractivity (Wildman–Crippen MR) is 90.4 cm³/mol. The number of carbonyl (C=O) groups excluding carboxylic acids is 1. The molecule has 2 aliphatic rings. The third-order valence-corrected chi connectivity index (χ3v) is 6.01. The van der Waals surface area contributed by atoms with E-state index in [4.69, 9.17) is 4.74 Å². The van der Waals surface area contributed by atoms with Gasteiger partial charge in [-0.15, -0.1) is 11.3 Å². The summed E-state index contributed by atoms with van der Waals surface area (Å²) < 4.78 is 5.74. The fraction of sp³-hybridized carbons (Fsp3) is 0.333. The first-order valence-corrected chi connectivity index (χ1v) is 8.67. The van der Waals surface area contributed by atoms with Crippen molar-refractivity contribution in [3.8, 4) is 16.2 Å². The molecule has 1 atom stereocenters. The van der Waals surface area contributed by atoms with Crippen molar-refractivity contribution in [1.82, 2.24) is 4.90 Å². The molecule has 2 aromatic rings. The Balaban J connectivity index is 1.62. The van der Waals surface area contributed by atoms with Gasteiger partial charge in [-0.05, 0) is 31.5 Å². The number of nitrogens with zero attached hydrogens (tertiary/aromatic N) is 1. The normalized spacial score (nSPS) is 21.8. The lowest BCUT2D eigenvalue weighted by molar-refractivity contribution is -0.147. The molecule has 2 aliphatic heterocycles. The van der Waals surface area contributed by atoms with E-state index < -0.39 is 11.4 Å². The molecular weight excluding hydrogens is 326 g/mol. The molecule has 24 heavy (non-hydrogen) atoms. The summed E-state index contributed by atoms with van der Waals surface area (Å²) in [5.41, 5.74) is 1.18. The van der Waals surface area contributed by atoms with Crippen LogP contribution in [0.2, 0.25) is 0 Å². The van der Waals surface area contributed by atoms with Crippen LogP contribution in [0.4, 0.5) is 0 Å². The minimum Gasteiger partial charge on any atom is -0.488 e. The van der Waals surface area contributed by atoms with Crippen LogP contribution in [0, 0.1) is 5.41 Å². The Bertz CT molecular complexity index is 843. The maximum Gasteiger partial charge on any atom is 0.311 e. The lowest BCUT2D eigenvalue weighted by atomic mass is 9.90. The number of benzene rings is 1. The molecular formula is C18H17NO4S. The van der Waals surface area contributed by atoms with Crippen LogP contribution >= 0.6 is 11.3 Å². The Hall–Kier alpha value is -2.34. The van der Waals surface area contributed by atoms with E-state index in [1.165, 1.54) is 11.3 Å². The topological polar surface area (TPSA) is 66.8 Å². The lowest BCUT2D eigenvalue weighted by Gasteiger charge is -2.19. The quantitative estimate of drug-likeness (QED) is 0.909. The first-order valence-electron chi connectivity index (χ1n) is 7.85. The number of aliphatic carboxylic acids is 1. The van der Waals surface area contributed by atoms with Gasteiger partial charge in [0.2, 0.25) is 0 Å². The number of para-hydroxylation sites is 1. The Morgan fingerprint density at radius 3 is 2.88 bits per heavy atom. The second-order valence-corrected chi connectivity index (χ2v) is 7.64. The van der Waals surface area contributed by atoms with Gasteiger partial charge in [-0.2, -0.15) is 0 Å². The van der Waals surface area contributed by atoms with Crippen molar-refractivity contribution in [2.24, 2.45) is 5.41 Å². The Morgan fingerprint density at radius 2 is 2.12 bits per heavy atom. The van der Waals surface area contributed by atoms with Gasteiger partial charge in [-0.1, -0.05) is 12.1 Å². The third kappa shape index (κ3) is 2.29. The fourth-order valence-electron chi connectivity index (χ4n) is 3.27. The fourth-order valence-corrected chi connectivity index (χ4v) is 4.43. The van der Waals surface area contributed by atoms with Crippen molar-refractivity contribution in [2.75, 3.05) is 13.1 Å². The van der Waals surface area contributed by atoms with Gasteiger partial charge in [-0.3, -0.25) is 9.59 Å². The molecule has 1 aromatic heterocycles. The van der Waals surface area contributed by atoms with Gasteiger partial charge in [-0.25, -0.2) is 0 Å². The number of carboxylic acid groups (broad SMARTS) is 1.